The highest BCUT2D eigenvalue weighted by Crippen LogP contribution is 2.35. The van der Waals surface area contributed by atoms with Crippen molar-refractivity contribution in [2.45, 2.75) is 117 Å². The van der Waals surface area contributed by atoms with Gasteiger partial charge in [-0.2, -0.15) is 0 Å². The average molecular weight is 1050 g/mol. The van der Waals surface area contributed by atoms with Crippen molar-refractivity contribution >= 4 is 55.2 Å². The monoisotopic (exact) mass is 1050 g/mol. The summed E-state index contributed by atoms with van der Waals surface area (Å²) in [6, 6.07) is 27.8. The number of nitrogens with one attached hydrogen (secondary N) is 2. The number of rotatable bonds is 18. The normalized spacial score (nSPS) is 18.6. The van der Waals surface area contributed by atoms with Gasteiger partial charge >= 0.3 is 0 Å². The molecule has 2 amide bonds. The van der Waals surface area contributed by atoms with Gasteiger partial charge in [0.1, 0.15) is 0 Å². The number of benzene rings is 4. The Morgan fingerprint density at radius 3 is 1.37 bits per heavy atom. The molecular weight excluding hydrogens is 988 g/mol. The Kier molecular flexibility index (Phi) is 17.7. The van der Waals surface area contributed by atoms with Crippen LogP contribution in [0.4, 0.5) is 0 Å². The van der Waals surface area contributed by atoms with Crippen LogP contribution in [0.3, 0.4) is 0 Å². The van der Waals surface area contributed by atoms with Gasteiger partial charge in [0.2, 0.25) is 11.8 Å². The van der Waals surface area contributed by atoms with Crippen LogP contribution >= 0.6 is 31.9 Å². The van der Waals surface area contributed by atoms with Gasteiger partial charge in [0.05, 0.1) is 23.5 Å². The number of carbonyl (C=O) groups is 4. The third kappa shape index (κ3) is 13.7. The van der Waals surface area contributed by atoms with Crippen molar-refractivity contribution in [2.75, 3.05) is 0 Å². The van der Waals surface area contributed by atoms with Crippen molar-refractivity contribution in [3.63, 3.8) is 0 Å². The van der Waals surface area contributed by atoms with E-state index < -0.39 is 12.1 Å². The number of Topliss-reactive ketones (excluding diaryl/α,β-unsaturated/α-hetero) is 2. The van der Waals surface area contributed by atoms with Crippen LogP contribution in [-0.4, -0.2) is 75.9 Å². The van der Waals surface area contributed by atoms with Gasteiger partial charge in [-0.25, -0.2) is 0 Å². The predicted molar refractivity (Wildman–Crippen MR) is 267 cm³/mol. The molecule has 2 aliphatic carbocycles. The van der Waals surface area contributed by atoms with Gasteiger partial charge in [-0.15, -0.1) is 30.0 Å². The molecule has 6 atom stereocenters. The van der Waals surface area contributed by atoms with Crippen molar-refractivity contribution in [3.8, 4) is 11.4 Å². The fourth-order valence-electron chi connectivity index (χ4n) is 9.77. The number of ketones is 2. The molecule has 0 saturated heterocycles. The molecule has 2 aliphatic rings. The molecule has 2 saturated carbocycles. The first kappa shape index (κ1) is 50.1. The molecule has 0 radical (unpaired) electrons. The average Bonchev–Trinajstić information content (AvgIpc) is 4.18. The molecule has 0 unspecified atom stereocenters. The second-order valence-corrected chi connectivity index (χ2v) is 20.3. The number of aryl methyl sites for hydroxylation is 4. The van der Waals surface area contributed by atoms with Gasteiger partial charge < -0.3 is 10.6 Å². The largest absolute Gasteiger partial charge is 0.346 e. The Bertz CT molecular complexity index is 2450. The molecule has 6 aromatic rings. The zero-order chi connectivity index (χ0) is 48.2. The standard InChI is InChI=1S/2C26H30BrN5O2/c2*1-17-12-23(27)15-21(25(17)32-29-16-28-31-32)10-11-24(33)18(2)30-26(34)22-9-8-20(14-22)13-19-6-4-3-5-7-19/h2*3-7,12,15-16,18,20,22H,8-11,13-14H2,1-2H3,(H,30,34)/t2*18-,20-,22+/m00/s1. The van der Waals surface area contributed by atoms with E-state index in [1.54, 1.807) is 13.8 Å². The second kappa shape index (κ2) is 24.0. The highest BCUT2D eigenvalue weighted by molar-refractivity contribution is 9.10. The summed E-state index contributed by atoms with van der Waals surface area (Å²) in [7, 11) is 0. The summed E-state index contributed by atoms with van der Waals surface area (Å²) in [6.07, 6.45) is 12.1. The van der Waals surface area contributed by atoms with Gasteiger partial charge in [-0.1, -0.05) is 92.5 Å². The van der Waals surface area contributed by atoms with Gasteiger partial charge in [-0.05, 0) is 172 Å². The van der Waals surface area contributed by atoms with Crippen molar-refractivity contribution < 1.29 is 19.2 Å². The summed E-state index contributed by atoms with van der Waals surface area (Å²) in [5, 5.41) is 29.9. The van der Waals surface area contributed by atoms with Crippen LogP contribution in [0.5, 0.6) is 0 Å². The fraction of sp³-hybridized carbons (Fsp3) is 0.423. The maximum Gasteiger partial charge on any atom is 0.223 e. The fourth-order valence-corrected chi connectivity index (χ4v) is 11.0. The zero-order valence-corrected chi connectivity index (χ0v) is 42.3. The van der Waals surface area contributed by atoms with Crippen molar-refractivity contribution in [3.05, 3.63) is 140 Å². The molecule has 2 aromatic heterocycles. The summed E-state index contributed by atoms with van der Waals surface area (Å²) in [5.74, 6) is 1.05. The van der Waals surface area contributed by atoms with Crippen molar-refractivity contribution in [1.82, 2.24) is 51.0 Å². The lowest BCUT2D eigenvalue weighted by molar-refractivity contribution is -0.129. The van der Waals surface area contributed by atoms with Gasteiger partial charge in [0.25, 0.3) is 0 Å². The minimum absolute atomic E-state index is 0.00205. The highest BCUT2D eigenvalue weighted by Gasteiger charge is 2.33. The molecule has 0 bridgehead atoms. The first-order valence-electron chi connectivity index (χ1n) is 23.6. The summed E-state index contributed by atoms with van der Waals surface area (Å²) < 4.78 is 1.87. The number of hydrogen-bond acceptors (Lipinski definition) is 10. The van der Waals surface area contributed by atoms with E-state index in [1.165, 1.54) is 33.4 Å². The van der Waals surface area contributed by atoms with E-state index in [1.807, 2.05) is 50.2 Å². The molecule has 16 heteroatoms. The second-order valence-electron chi connectivity index (χ2n) is 18.4. The third-order valence-corrected chi connectivity index (χ3v) is 14.2. The molecule has 68 heavy (non-hydrogen) atoms. The summed E-state index contributed by atoms with van der Waals surface area (Å²) in [4.78, 5) is 54.4. The quantitative estimate of drug-likeness (QED) is 0.0845. The molecule has 0 spiro atoms. The smallest absolute Gasteiger partial charge is 0.223 e. The number of aromatic nitrogens is 8. The molecule has 2 heterocycles. The van der Waals surface area contributed by atoms with Gasteiger partial charge in [0.15, 0.2) is 24.2 Å². The minimum atomic E-state index is -0.512. The molecule has 8 rings (SSSR count). The topological polar surface area (TPSA) is 180 Å². The Hall–Kier alpha value is -5.74. The van der Waals surface area contributed by atoms with E-state index in [4.69, 9.17) is 0 Å². The molecule has 0 aliphatic heterocycles. The molecule has 4 aromatic carbocycles. The van der Waals surface area contributed by atoms with E-state index in [0.717, 1.165) is 93.9 Å². The van der Waals surface area contributed by atoms with E-state index in [2.05, 4.69) is 122 Å². The van der Waals surface area contributed by atoms with Gasteiger partial charge in [0, 0.05) is 33.6 Å². The molecule has 2 N–H and O–H groups in total. The minimum Gasteiger partial charge on any atom is -0.346 e. The van der Waals surface area contributed by atoms with E-state index in [0.29, 0.717) is 37.5 Å². The first-order chi connectivity index (χ1) is 32.8. The van der Waals surface area contributed by atoms with Crippen LogP contribution in [0.25, 0.3) is 11.4 Å². The number of halogens is 2. The maximum atomic E-state index is 12.9. The molecule has 356 valence electrons. The predicted octanol–water partition coefficient (Wildman–Crippen LogP) is 8.80. The van der Waals surface area contributed by atoms with Crippen LogP contribution < -0.4 is 10.6 Å². The lowest BCUT2D eigenvalue weighted by Crippen LogP contribution is -2.41. The molecule has 14 nitrogen and oxygen atoms in total. The number of amides is 2. The van der Waals surface area contributed by atoms with Crippen LogP contribution in [0, 0.1) is 37.5 Å². The lowest BCUT2D eigenvalue weighted by atomic mass is 9.96. The van der Waals surface area contributed by atoms with Crippen molar-refractivity contribution in [2.24, 2.45) is 23.7 Å². The zero-order valence-electron chi connectivity index (χ0n) is 39.2. The summed E-state index contributed by atoms with van der Waals surface area (Å²) in [6.45, 7) is 7.51. The number of carbonyl (C=O) groups excluding carboxylic acids is 4. The van der Waals surface area contributed by atoms with E-state index in [-0.39, 0.29) is 35.2 Å². The number of hydrogen-bond donors (Lipinski definition) is 2. The van der Waals surface area contributed by atoms with Gasteiger partial charge in [-0.3, -0.25) is 19.2 Å². The van der Waals surface area contributed by atoms with Crippen molar-refractivity contribution in [1.29, 1.82) is 0 Å². The highest BCUT2D eigenvalue weighted by atomic mass is 79.9. The SMILES string of the molecule is Cc1cc(Br)cc(CCC(=O)[C@H](C)NC(=O)[C@@H]2CC[C@@H](Cc3ccccc3)C2)c1-n1ncnn1.Cc1cc(Br)cc(CCC(=O)[C@H](C)NC(=O)[C@@H]2CC[C@@H](Cc3ccccc3)C2)c1-n1ncnn1. The maximum absolute atomic E-state index is 12.9. The summed E-state index contributed by atoms with van der Waals surface area (Å²) in [5.41, 5.74) is 8.19. The Balaban J connectivity index is 0.000000201. The Morgan fingerprint density at radius 1 is 0.603 bits per heavy atom. The Morgan fingerprint density at radius 2 is 1.00 bits per heavy atom. The lowest BCUT2D eigenvalue weighted by Gasteiger charge is -2.17. The van der Waals surface area contributed by atoms with E-state index >= 15 is 0 Å². The first-order valence-corrected chi connectivity index (χ1v) is 25.2. The Labute approximate surface area is 415 Å². The van der Waals surface area contributed by atoms with Crippen LogP contribution in [0.15, 0.2) is 107 Å². The van der Waals surface area contributed by atoms with Crippen LogP contribution in [-0.2, 0) is 44.9 Å². The third-order valence-electron chi connectivity index (χ3n) is 13.3. The number of nitrogens with zero attached hydrogens (tertiary/aromatic N) is 8. The summed E-state index contributed by atoms with van der Waals surface area (Å²) >= 11 is 7.07. The molecular formula is C52H60Br2N10O4. The van der Waals surface area contributed by atoms with Crippen LogP contribution in [0.1, 0.15) is 98.6 Å². The van der Waals surface area contributed by atoms with E-state index in [9.17, 15) is 19.2 Å². The molecule has 2 fully saturated rings. The number of tetrazole rings is 2. The van der Waals surface area contributed by atoms with Crippen LogP contribution in [0.2, 0.25) is 0 Å².